The van der Waals surface area contributed by atoms with Crippen LogP contribution in [-0.4, -0.2) is 29.3 Å². The number of nitrogens with one attached hydrogen (secondary N) is 2. The van der Waals surface area contributed by atoms with E-state index in [4.69, 9.17) is 23.2 Å². The van der Waals surface area contributed by atoms with Crippen molar-refractivity contribution >= 4 is 46.7 Å². The SMILES string of the molecule is Cc1ccc(NC(=O)CN2C(=O)NC(C)(c3ccc(Cl)cc3Cl)C2=O)c(C)c1. The summed E-state index contributed by atoms with van der Waals surface area (Å²) in [5.41, 5.74) is 1.63. The van der Waals surface area contributed by atoms with Crippen molar-refractivity contribution in [1.29, 1.82) is 0 Å². The van der Waals surface area contributed by atoms with Crippen LogP contribution in [0.25, 0.3) is 0 Å². The maximum absolute atomic E-state index is 12.9. The van der Waals surface area contributed by atoms with Gasteiger partial charge in [-0.25, -0.2) is 4.79 Å². The molecule has 3 rings (SSSR count). The molecule has 2 N–H and O–H groups in total. The first kappa shape index (κ1) is 20.2. The fraction of sp³-hybridized carbons (Fsp3) is 0.250. The van der Waals surface area contributed by atoms with Crippen molar-refractivity contribution in [3.63, 3.8) is 0 Å². The Morgan fingerprint density at radius 2 is 1.86 bits per heavy atom. The second-order valence-corrected chi connectivity index (χ2v) is 7.78. The Morgan fingerprint density at radius 3 is 2.50 bits per heavy atom. The number of carbonyl (C=O) groups excluding carboxylic acids is 3. The molecule has 0 spiro atoms. The Labute approximate surface area is 172 Å². The van der Waals surface area contributed by atoms with Crippen LogP contribution < -0.4 is 10.6 Å². The number of aryl methyl sites for hydroxylation is 2. The van der Waals surface area contributed by atoms with Gasteiger partial charge in [-0.3, -0.25) is 14.5 Å². The number of rotatable bonds is 4. The zero-order chi connectivity index (χ0) is 20.6. The molecule has 28 heavy (non-hydrogen) atoms. The third-order valence-electron chi connectivity index (χ3n) is 4.70. The molecule has 0 aliphatic carbocycles. The number of nitrogens with zero attached hydrogens (tertiary/aromatic N) is 1. The van der Waals surface area contributed by atoms with Crippen molar-refractivity contribution in [2.75, 3.05) is 11.9 Å². The van der Waals surface area contributed by atoms with Gasteiger partial charge in [-0.05, 0) is 44.5 Å². The minimum Gasteiger partial charge on any atom is -0.324 e. The first-order chi connectivity index (χ1) is 13.1. The summed E-state index contributed by atoms with van der Waals surface area (Å²) in [6.45, 7) is 4.97. The summed E-state index contributed by atoms with van der Waals surface area (Å²) in [7, 11) is 0. The Hall–Kier alpha value is -2.57. The molecule has 4 amide bonds. The van der Waals surface area contributed by atoms with E-state index < -0.39 is 29.9 Å². The maximum atomic E-state index is 12.9. The fourth-order valence-corrected chi connectivity index (χ4v) is 3.80. The van der Waals surface area contributed by atoms with Gasteiger partial charge in [-0.2, -0.15) is 0 Å². The number of hydrogen-bond acceptors (Lipinski definition) is 3. The summed E-state index contributed by atoms with van der Waals surface area (Å²) < 4.78 is 0. The van der Waals surface area contributed by atoms with Crippen LogP contribution in [0.15, 0.2) is 36.4 Å². The lowest BCUT2D eigenvalue weighted by molar-refractivity contribution is -0.133. The lowest BCUT2D eigenvalue weighted by Crippen LogP contribution is -2.42. The van der Waals surface area contributed by atoms with Crippen molar-refractivity contribution in [3.05, 3.63) is 63.1 Å². The number of amides is 4. The lowest BCUT2D eigenvalue weighted by atomic mass is 9.92. The second kappa shape index (κ2) is 7.45. The van der Waals surface area contributed by atoms with E-state index in [0.29, 0.717) is 16.3 Å². The van der Waals surface area contributed by atoms with Crippen LogP contribution >= 0.6 is 23.2 Å². The average molecular weight is 420 g/mol. The van der Waals surface area contributed by atoms with E-state index in [-0.39, 0.29) is 5.02 Å². The number of imide groups is 1. The zero-order valence-electron chi connectivity index (χ0n) is 15.6. The topological polar surface area (TPSA) is 78.5 Å². The van der Waals surface area contributed by atoms with Gasteiger partial charge in [0, 0.05) is 21.3 Å². The van der Waals surface area contributed by atoms with Gasteiger partial charge in [-0.15, -0.1) is 0 Å². The van der Waals surface area contributed by atoms with Crippen molar-refractivity contribution in [2.45, 2.75) is 26.3 Å². The molecule has 0 bridgehead atoms. The number of urea groups is 1. The molecule has 1 atom stereocenters. The van der Waals surface area contributed by atoms with E-state index in [0.717, 1.165) is 16.0 Å². The summed E-state index contributed by atoms with van der Waals surface area (Å²) in [6, 6.07) is 9.60. The third-order valence-corrected chi connectivity index (χ3v) is 5.25. The standard InChI is InChI=1S/C20H19Cl2N3O3/c1-11-4-7-16(12(2)8-11)23-17(26)10-25-18(27)20(3,24-19(25)28)14-6-5-13(21)9-15(14)22/h4-9H,10H2,1-3H3,(H,23,26)(H,24,28). The molecular formula is C20H19Cl2N3O3. The highest BCUT2D eigenvalue weighted by molar-refractivity contribution is 6.35. The summed E-state index contributed by atoms with van der Waals surface area (Å²) in [5, 5.41) is 6.03. The zero-order valence-corrected chi connectivity index (χ0v) is 17.1. The molecule has 0 radical (unpaired) electrons. The smallest absolute Gasteiger partial charge is 0.324 e. The van der Waals surface area contributed by atoms with Crippen molar-refractivity contribution in [1.82, 2.24) is 10.2 Å². The molecule has 1 aliphatic heterocycles. The van der Waals surface area contributed by atoms with Gasteiger partial charge in [0.1, 0.15) is 12.1 Å². The quantitative estimate of drug-likeness (QED) is 0.734. The second-order valence-electron chi connectivity index (χ2n) is 6.94. The lowest BCUT2D eigenvalue weighted by Gasteiger charge is -2.23. The van der Waals surface area contributed by atoms with Gasteiger partial charge < -0.3 is 10.6 Å². The molecule has 2 aromatic carbocycles. The van der Waals surface area contributed by atoms with E-state index in [1.807, 2.05) is 26.0 Å². The summed E-state index contributed by atoms with van der Waals surface area (Å²) >= 11 is 12.1. The highest BCUT2D eigenvalue weighted by Crippen LogP contribution is 2.34. The van der Waals surface area contributed by atoms with Crippen LogP contribution in [0.5, 0.6) is 0 Å². The predicted octanol–water partition coefficient (Wildman–Crippen LogP) is 4.02. The van der Waals surface area contributed by atoms with Crippen molar-refractivity contribution in [3.8, 4) is 0 Å². The van der Waals surface area contributed by atoms with E-state index in [1.54, 1.807) is 25.1 Å². The maximum Gasteiger partial charge on any atom is 0.325 e. The highest BCUT2D eigenvalue weighted by Gasteiger charge is 2.50. The molecule has 1 unspecified atom stereocenters. The Balaban J connectivity index is 1.79. The van der Waals surface area contributed by atoms with E-state index in [2.05, 4.69) is 10.6 Å². The summed E-state index contributed by atoms with van der Waals surface area (Å²) in [5.74, 6) is -1.03. The first-order valence-electron chi connectivity index (χ1n) is 8.58. The van der Waals surface area contributed by atoms with E-state index in [1.165, 1.54) is 6.07 Å². The highest BCUT2D eigenvalue weighted by atomic mass is 35.5. The largest absolute Gasteiger partial charge is 0.325 e. The number of benzene rings is 2. The number of carbonyl (C=O) groups is 3. The molecule has 1 fully saturated rings. The summed E-state index contributed by atoms with van der Waals surface area (Å²) in [4.78, 5) is 38.6. The fourth-order valence-electron chi connectivity index (χ4n) is 3.21. The van der Waals surface area contributed by atoms with Gasteiger partial charge in [0.25, 0.3) is 5.91 Å². The Kier molecular flexibility index (Phi) is 5.37. The molecule has 6 nitrogen and oxygen atoms in total. The third kappa shape index (κ3) is 3.70. The van der Waals surface area contributed by atoms with Gasteiger partial charge >= 0.3 is 6.03 Å². The minimum absolute atomic E-state index is 0.255. The minimum atomic E-state index is -1.38. The van der Waals surface area contributed by atoms with Crippen LogP contribution in [0, 0.1) is 13.8 Å². The molecule has 1 saturated heterocycles. The number of hydrogen-bond donors (Lipinski definition) is 2. The summed E-state index contributed by atoms with van der Waals surface area (Å²) in [6.07, 6.45) is 0. The van der Waals surface area contributed by atoms with Gasteiger partial charge in [-0.1, -0.05) is 47.0 Å². The number of anilines is 1. The average Bonchev–Trinajstić information content (AvgIpc) is 2.81. The van der Waals surface area contributed by atoms with Crippen LogP contribution in [0.2, 0.25) is 10.0 Å². The normalized spacial score (nSPS) is 19.0. The van der Waals surface area contributed by atoms with E-state index in [9.17, 15) is 14.4 Å². The van der Waals surface area contributed by atoms with Gasteiger partial charge in [0.15, 0.2) is 0 Å². The Bertz CT molecular complexity index is 993. The van der Waals surface area contributed by atoms with Crippen LogP contribution in [0.4, 0.5) is 10.5 Å². The Morgan fingerprint density at radius 1 is 1.14 bits per heavy atom. The molecular weight excluding hydrogens is 401 g/mol. The van der Waals surface area contributed by atoms with E-state index >= 15 is 0 Å². The van der Waals surface area contributed by atoms with Crippen LogP contribution in [0.3, 0.4) is 0 Å². The molecule has 8 heteroatoms. The predicted molar refractivity (Wildman–Crippen MR) is 109 cm³/mol. The van der Waals surface area contributed by atoms with Gasteiger partial charge in [0.05, 0.1) is 0 Å². The monoisotopic (exact) mass is 419 g/mol. The van der Waals surface area contributed by atoms with Crippen molar-refractivity contribution < 1.29 is 14.4 Å². The molecule has 146 valence electrons. The van der Waals surface area contributed by atoms with Crippen LogP contribution in [-0.2, 0) is 15.1 Å². The molecule has 0 aromatic heterocycles. The van der Waals surface area contributed by atoms with Gasteiger partial charge in [0.2, 0.25) is 5.91 Å². The molecule has 0 saturated carbocycles. The molecule has 1 heterocycles. The molecule has 1 aliphatic rings. The first-order valence-corrected chi connectivity index (χ1v) is 9.34. The number of halogens is 2. The van der Waals surface area contributed by atoms with Crippen molar-refractivity contribution in [2.24, 2.45) is 0 Å². The van der Waals surface area contributed by atoms with Crippen LogP contribution in [0.1, 0.15) is 23.6 Å². The molecule has 2 aromatic rings.